The Balaban J connectivity index is 2.14. The number of halogens is 1. The molecule has 2 aromatic rings. The monoisotopic (exact) mass is 276 g/mol. The zero-order valence-electron chi connectivity index (χ0n) is 11.5. The minimum Gasteiger partial charge on any atom is -0.497 e. The fourth-order valence-electron chi connectivity index (χ4n) is 1.83. The van der Waals surface area contributed by atoms with Gasteiger partial charge in [0.2, 0.25) is 0 Å². The van der Waals surface area contributed by atoms with Gasteiger partial charge in [0, 0.05) is 29.9 Å². The second-order valence-corrected chi connectivity index (χ2v) is 4.30. The summed E-state index contributed by atoms with van der Waals surface area (Å²) in [6.07, 6.45) is 2.75. The van der Waals surface area contributed by atoms with Crippen molar-refractivity contribution < 1.29 is 13.9 Å². The summed E-state index contributed by atoms with van der Waals surface area (Å²) >= 11 is 0. The van der Waals surface area contributed by atoms with Gasteiger partial charge in [-0.3, -0.25) is 4.98 Å². The van der Waals surface area contributed by atoms with Crippen LogP contribution in [0.4, 0.5) is 4.39 Å². The maximum Gasteiger partial charge on any atom is 0.141 e. The van der Waals surface area contributed by atoms with Crippen LogP contribution in [0.2, 0.25) is 0 Å². The highest BCUT2D eigenvalue weighted by molar-refractivity contribution is 5.40. The summed E-state index contributed by atoms with van der Waals surface area (Å²) in [5.41, 5.74) is 1.70. The molecule has 0 saturated carbocycles. The third-order valence-electron chi connectivity index (χ3n) is 2.80. The maximum absolute atomic E-state index is 13.1. The van der Waals surface area contributed by atoms with Gasteiger partial charge in [-0.1, -0.05) is 6.07 Å². The van der Waals surface area contributed by atoms with Crippen molar-refractivity contribution in [3.8, 4) is 11.5 Å². The number of rotatable bonds is 6. The number of hydrogen-bond donors (Lipinski definition) is 1. The van der Waals surface area contributed by atoms with Crippen LogP contribution in [0.25, 0.3) is 0 Å². The molecular weight excluding hydrogens is 259 g/mol. The van der Waals surface area contributed by atoms with E-state index in [1.807, 2.05) is 25.2 Å². The minimum absolute atomic E-state index is 0.259. The topological polar surface area (TPSA) is 43.4 Å². The average molecular weight is 276 g/mol. The predicted molar refractivity (Wildman–Crippen MR) is 74.3 cm³/mol. The number of hydrogen-bond acceptors (Lipinski definition) is 4. The highest BCUT2D eigenvalue weighted by Crippen LogP contribution is 2.25. The Morgan fingerprint density at radius 1 is 1.25 bits per heavy atom. The minimum atomic E-state index is -0.368. The SMILES string of the molecule is CNCc1ccc(OC)cc1OCc1cncc(F)c1. The summed E-state index contributed by atoms with van der Waals surface area (Å²) in [6, 6.07) is 7.04. The summed E-state index contributed by atoms with van der Waals surface area (Å²) < 4.78 is 24.0. The second-order valence-electron chi connectivity index (χ2n) is 4.30. The first-order valence-corrected chi connectivity index (χ1v) is 6.26. The molecular formula is C15H17FN2O2. The van der Waals surface area contributed by atoms with Crippen LogP contribution in [-0.4, -0.2) is 19.1 Å². The predicted octanol–water partition coefficient (Wildman–Crippen LogP) is 2.53. The highest BCUT2D eigenvalue weighted by atomic mass is 19.1. The Hall–Kier alpha value is -2.14. The van der Waals surface area contributed by atoms with E-state index < -0.39 is 0 Å². The van der Waals surface area contributed by atoms with E-state index in [1.165, 1.54) is 12.3 Å². The van der Waals surface area contributed by atoms with Crippen molar-refractivity contribution >= 4 is 0 Å². The van der Waals surface area contributed by atoms with Crippen LogP contribution in [0.15, 0.2) is 36.7 Å². The molecule has 4 nitrogen and oxygen atoms in total. The van der Waals surface area contributed by atoms with Crippen LogP contribution in [0.1, 0.15) is 11.1 Å². The molecule has 106 valence electrons. The first-order chi connectivity index (χ1) is 9.72. The number of ether oxygens (including phenoxy) is 2. The van der Waals surface area contributed by atoms with Gasteiger partial charge in [0.05, 0.1) is 13.3 Å². The molecule has 20 heavy (non-hydrogen) atoms. The van der Waals surface area contributed by atoms with Crippen molar-refractivity contribution in [2.24, 2.45) is 0 Å². The van der Waals surface area contributed by atoms with Gasteiger partial charge in [-0.15, -0.1) is 0 Å². The summed E-state index contributed by atoms with van der Waals surface area (Å²) in [4.78, 5) is 3.80. The molecule has 1 aromatic heterocycles. The number of pyridine rings is 1. The third kappa shape index (κ3) is 3.68. The molecule has 0 atom stereocenters. The van der Waals surface area contributed by atoms with Crippen molar-refractivity contribution in [1.82, 2.24) is 10.3 Å². The van der Waals surface area contributed by atoms with Gasteiger partial charge in [0.15, 0.2) is 0 Å². The molecule has 0 bridgehead atoms. The molecule has 1 heterocycles. The Morgan fingerprint density at radius 3 is 2.80 bits per heavy atom. The van der Waals surface area contributed by atoms with Gasteiger partial charge < -0.3 is 14.8 Å². The maximum atomic E-state index is 13.1. The van der Waals surface area contributed by atoms with Gasteiger partial charge in [0.25, 0.3) is 0 Å². The van der Waals surface area contributed by atoms with Crippen molar-refractivity contribution in [3.63, 3.8) is 0 Å². The molecule has 0 fully saturated rings. The number of nitrogens with one attached hydrogen (secondary N) is 1. The second kappa shape index (κ2) is 6.86. The van der Waals surface area contributed by atoms with Crippen LogP contribution < -0.4 is 14.8 Å². The lowest BCUT2D eigenvalue weighted by molar-refractivity contribution is 0.298. The number of nitrogens with zero attached hydrogens (tertiary/aromatic N) is 1. The quantitative estimate of drug-likeness (QED) is 0.880. The number of methoxy groups -OCH3 is 1. The molecule has 0 radical (unpaired) electrons. The summed E-state index contributed by atoms with van der Waals surface area (Å²) in [7, 11) is 3.47. The molecule has 0 aliphatic rings. The van der Waals surface area contributed by atoms with Gasteiger partial charge in [-0.2, -0.15) is 0 Å². The standard InChI is InChI=1S/C15H17FN2O2/c1-17-8-12-3-4-14(19-2)6-15(12)20-10-11-5-13(16)9-18-7-11/h3-7,9,17H,8,10H2,1-2H3. The van der Waals surface area contributed by atoms with Gasteiger partial charge in [-0.05, 0) is 19.2 Å². The number of aromatic nitrogens is 1. The van der Waals surface area contributed by atoms with Crippen molar-refractivity contribution in [2.45, 2.75) is 13.2 Å². The molecule has 0 aliphatic heterocycles. The lowest BCUT2D eigenvalue weighted by Crippen LogP contribution is -2.08. The third-order valence-corrected chi connectivity index (χ3v) is 2.80. The smallest absolute Gasteiger partial charge is 0.141 e. The Bertz CT molecular complexity index is 576. The molecule has 1 N–H and O–H groups in total. The zero-order chi connectivity index (χ0) is 14.4. The first kappa shape index (κ1) is 14.3. The Morgan fingerprint density at radius 2 is 2.10 bits per heavy atom. The molecule has 0 spiro atoms. The molecule has 2 rings (SSSR count). The molecule has 1 aromatic carbocycles. The van der Waals surface area contributed by atoms with Crippen molar-refractivity contribution in [1.29, 1.82) is 0 Å². The van der Waals surface area contributed by atoms with E-state index in [1.54, 1.807) is 13.3 Å². The van der Waals surface area contributed by atoms with Gasteiger partial charge in [-0.25, -0.2) is 4.39 Å². The largest absolute Gasteiger partial charge is 0.497 e. The molecule has 0 amide bonds. The zero-order valence-corrected chi connectivity index (χ0v) is 11.5. The lowest BCUT2D eigenvalue weighted by Gasteiger charge is -2.13. The summed E-state index contributed by atoms with van der Waals surface area (Å²) in [5.74, 6) is 1.06. The van der Waals surface area contributed by atoms with E-state index in [4.69, 9.17) is 9.47 Å². The van der Waals surface area contributed by atoms with Gasteiger partial charge in [0.1, 0.15) is 23.9 Å². The number of benzene rings is 1. The average Bonchev–Trinajstić information content (AvgIpc) is 2.46. The van der Waals surface area contributed by atoms with Crippen LogP contribution >= 0.6 is 0 Å². The highest BCUT2D eigenvalue weighted by Gasteiger charge is 2.06. The van der Waals surface area contributed by atoms with E-state index in [2.05, 4.69) is 10.3 Å². The van der Waals surface area contributed by atoms with E-state index in [-0.39, 0.29) is 12.4 Å². The van der Waals surface area contributed by atoms with Crippen LogP contribution in [0, 0.1) is 5.82 Å². The lowest BCUT2D eigenvalue weighted by atomic mass is 10.2. The van der Waals surface area contributed by atoms with E-state index in [0.29, 0.717) is 17.9 Å². The Labute approximate surface area is 117 Å². The van der Waals surface area contributed by atoms with Crippen LogP contribution in [-0.2, 0) is 13.2 Å². The van der Waals surface area contributed by atoms with Crippen LogP contribution in [0.5, 0.6) is 11.5 Å². The normalized spacial score (nSPS) is 10.3. The van der Waals surface area contributed by atoms with E-state index in [9.17, 15) is 4.39 Å². The molecule has 0 saturated heterocycles. The molecule has 5 heteroatoms. The van der Waals surface area contributed by atoms with E-state index in [0.717, 1.165) is 11.3 Å². The molecule has 0 aliphatic carbocycles. The Kier molecular flexibility index (Phi) is 4.90. The summed E-state index contributed by atoms with van der Waals surface area (Å²) in [6.45, 7) is 0.940. The van der Waals surface area contributed by atoms with Crippen LogP contribution in [0.3, 0.4) is 0 Å². The van der Waals surface area contributed by atoms with Crippen molar-refractivity contribution in [3.05, 3.63) is 53.6 Å². The first-order valence-electron chi connectivity index (χ1n) is 6.26. The fraction of sp³-hybridized carbons (Fsp3) is 0.267. The molecule has 0 unspecified atom stereocenters. The fourth-order valence-corrected chi connectivity index (χ4v) is 1.83. The summed E-state index contributed by atoms with van der Waals surface area (Å²) in [5, 5.41) is 3.08. The van der Waals surface area contributed by atoms with E-state index >= 15 is 0 Å². The van der Waals surface area contributed by atoms with Gasteiger partial charge >= 0.3 is 0 Å². The van der Waals surface area contributed by atoms with Crippen molar-refractivity contribution in [2.75, 3.05) is 14.2 Å².